The molecular formula is C15H28N4. The molecule has 1 aromatic heterocycles. The van der Waals surface area contributed by atoms with Crippen molar-refractivity contribution in [1.82, 2.24) is 15.3 Å². The minimum Gasteiger partial charge on any atom is -0.358 e. The van der Waals surface area contributed by atoms with Gasteiger partial charge in [0.1, 0.15) is 5.82 Å². The van der Waals surface area contributed by atoms with Crippen molar-refractivity contribution in [2.24, 2.45) is 5.92 Å². The van der Waals surface area contributed by atoms with E-state index in [1.165, 1.54) is 19.3 Å². The highest BCUT2D eigenvalue weighted by Gasteiger charge is 2.04. The van der Waals surface area contributed by atoms with Gasteiger partial charge in [-0.3, -0.25) is 4.98 Å². The van der Waals surface area contributed by atoms with Crippen molar-refractivity contribution < 1.29 is 0 Å². The highest BCUT2D eigenvalue weighted by molar-refractivity contribution is 5.34. The van der Waals surface area contributed by atoms with Crippen molar-refractivity contribution in [2.45, 2.75) is 46.6 Å². The van der Waals surface area contributed by atoms with Crippen LogP contribution in [-0.2, 0) is 6.54 Å². The van der Waals surface area contributed by atoms with E-state index >= 15 is 0 Å². The van der Waals surface area contributed by atoms with Gasteiger partial charge in [-0.25, -0.2) is 4.98 Å². The molecule has 0 aliphatic carbocycles. The van der Waals surface area contributed by atoms with E-state index in [-0.39, 0.29) is 0 Å². The van der Waals surface area contributed by atoms with Gasteiger partial charge in [0.05, 0.1) is 11.9 Å². The molecule has 0 radical (unpaired) electrons. The van der Waals surface area contributed by atoms with Gasteiger partial charge in [0.25, 0.3) is 0 Å². The topological polar surface area (TPSA) is 41.1 Å². The Morgan fingerprint density at radius 3 is 2.74 bits per heavy atom. The van der Waals surface area contributed by atoms with E-state index in [0.29, 0.717) is 5.92 Å². The first-order valence-electron chi connectivity index (χ1n) is 7.36. The van der Waals surface area contributed by atoms with Crippen LogP contribution in [0.4, 0.5) is 5.82 Å². The summed E-state index contributed by atoms with van der Waals surface area (Å²) < 4.78 is 0. The third-order valence-electron chi connectivity index (χ3n) is 3.02. The summed E-state index contributed by atoms with van der Waals surface area (Å²) in [5.41, 5.74) is 1.01. The molecule has 0 amide bonds. The van der Waals surface area contributed by atoms with E-state index < -0.39 is 0 Å². The van der Waals surface area contributed by atoms with E-state index in [9.17, 15) is 0 Å². The molecule has 4 nitrogen and oxygen atoms in total. The van der Waals surface area contributed by atoms with Crippen LogP contribution in [0, 0.1) is 5.92 Å². The summed E-state index contributed by atoms with van der Waals surface area (Å²) in [4.78, 5) is 11.1. The normalized spacial score (nSPS) is 11.0. The Hall–Kier alpha value is -1.16. The van der Waals surface area contributed by atoms with Gasteiger partial charge in [-0.2, -0.15) is 0 Å². The van der Waals surface area contributed by atoms with Crippen LogP contribution < -0.4 is 10.2 Å². The van der Waals surface area contributed by atoms with E-state index in [4.69, 9.17) is 0 Å². The molecule has 0 unspecified atom stereocenters. The van der Waals surface area contributed by atoms with Crippen LogP contribution in [0.25, 0.3) is 0 Å². The molecule has 0 aromatic carbocycles. The lowest BCUT2D eigenvalue weighted by molar-refractivity contribution is 0.547. The summed E-state index contributed by atoms with van der Waals surface area (Å²) in [6.45, 7) is 9.49. The molecule has 19 heavy (non-hydrogen) atoms. The van der Waals surface area contributed by atoms with E-state index in [0.717, 1.165) is 31.1 Å². The lowest BCUT2D eigenvalue weighted by Gasteiger charge is -2.18. The monoisotopic (exact) mass is 264 g/mol. The van der Waals surface area contributed by atoms with Crippen LogP contribution in [0.3, 0.4) is 0 Å². The van der Waals surface area contributed by atoms with Gasteiger partial charge in [0.15, 0.2) is 0 Å². The fourth-order valence-electron chi connectivity index (χ4n) is 1.87. The summed E-state index contributed by atoms with van der Waals surface area (Å²) in [7, 11) is 2.09. The van der Waals surface area contributed by atoms with Crippen molar-refractivity contribution in [1.29, 1.82) is 0 Å². The first kappa shape index (κ1) is 15.9. The molecule has 4 heteroatoms. The number of nitrogens with zero attached hydrogens (tertiary/aromatic N) is 3. The molecule has 0 bridgehead atoms. The SMILES string of the molecule is CCCCCN(C)c1cncc(CNCC(C)C)n1. The number of rotatable bonds is 9. The maximum atomic E-state index is 4.65. The predicted octanol–water partition coefficient (Wildman–Crippen LogP) is 2.85. The Labute approximate surface area is 117 Å². The summed E-state index contributed by atoms with van der Waals surface area (Å²) in [5.74, 6) is 1.63. The smallest absolute Gasteiger partial charge is 0.147 e. The summed E-state index contributed by atoms with van der Waals surface area (Å²) >= 11 is 0. The van der Waals surface area contributed by atoms with E-state index in [1.54, 1.807) is 0 Å². The Balaban J connectivity index is 2.46. The van der Waals surface area contributed by atoms with Crippen LogP contribution in [0.2, 0.25) is 0 Å². The maximum absolute atomic E-state index is 4.65. The van der Waals surface area contributed by atoms with Crippen molar-refractivity contribution in [3.05, 3.63) is 18.1 Å². The van der Waals surface area contributed by atoms with E-state index in [2.05, 4.69) is 48.0 Å². The molecule has 0 fully saturated rings. The number of hydrogen-bond donors (Lipinski definition) is 1. The molecule has 0 aliphatic rings. The molecule has 1 aromatic rings. The summed E-state index contributed by atoms with van der Waals surface area (Å²) in [5, 5.41) is 3.40. The Bertz CT molecular complexity index is 352. The van der Waals surface area contributed by atoms with Gasteiger partial charge in [0, 0.05) is 26.3 Å². The summed E-state index contributed by atoms with van der Waals surface area (Å²) in [6, 6.07) is 0. The second-order valence-electron chi connectivity index (χ2n) is 5.52. The molecule has 108 valence electrons. The molecule has 0 atom stereocenters. The summed E-state index contributed by atoms with van der Waals surface area (Å²) in [6.07, 6.45) is 7.42. The molecule has 0 aliphatic heterocycles. The van der Waals surface area contributed by atoms with Gasteiger partial charge < -0.3 is 10.2 Å². The first-order chi connectivity index (χ1) is 9.13. The Kier molecular flexibility index (Phi) is 7.41. The minimum absolute atomic E-state index is 0.660. The van der Waals surface area contributed by atoms with Crippen LogP contribution in [-0.4, -0.2) is 30.1 Å². The highest BCUT2D eigenvalue weighted by Crippen LogP contribution is 2.09. The van der Waals surface area contributed by atoms with Gasteiger partial charge in [-0.05, 0) is 18.9 Å². The Morgan fingerprint density at radius 2 is 2.05 bits per heavy atom. The minimum atomic E-state index is 0.660. The lowest BCUT2D eigenvalue weighted by atomic mass is 10.2. The van der Waals surface area contributed by atoms with Gasteiger partial charge in [-0.1, -0.05) is 33.6 Å². The zero-order valence-electron chi connectivity index (χ0n) is 12.8. The van der Waals surface area contributed by atoms with Crippen LogP contribution in [0.1, 0.15) is 45.7 Å². The zero-order chi connectivity index (χ0) is 14.1. The number of anilines is 1. The fourth-order valence-corrected chi connectivity index (χ4v) is 1.87. The molecule has 1 N–H and O–H groups in total. The maximum Gasteiger partial charge on any atom is 0.147 e. The molecule has 1 rings (SSSR count). The number of aromatic nitrogens is 2. The average molecular weight is 264 g/mol. The van der Waals surface area contributed by atoms with Crippen molar-refractivity contribution >= 4 is 5.82 Å². The second kappa shape index (κ2) is 8.86. The molecule has 1 heterocycles. The first-order valence-corrected chi connectivity index (χ1v) is 7.36. The van der Waals surface area contributed by atoms with Crippen molar-refractivity contribution in [3.8, 4) is 0 Å². The zero-order valence-corrected chi connectivity index (χ0v) is 12.8. The highest BCUT2D eigenvalue weighted by atomic mass is 15.2. The van der Waals surface area contributed by atoms with Crippen LogP contribution in [0.15, 0.2) is 12.4 Å². The van der Waals surface area contributed by atoms with Crippen LogP contribution >= 0.6 is 0 Å². The number of hydrogen-bond acceptors (Lipinski definition) is 4. The van der Waals surface area contributed by atoms with Crippen molar-refractivity contribution in [3.63, 3.8) is 0 Å². The molecule has 0 spiro atoms. The van der Waals surface area contributed by atoms with Gasteiger partial charge in [0.2, 0.25) is 0 Å². The van der Waals surface area contributed by atoms with Crippen LogP contribution in [0.5, 0.6) is 0 Å². The third kappa shape index (κ3) is 6.53. The lowest BCUT2D eigenvalue weighted by Crippen LogP contribution is -2.22. The molecular weight excluding hydrogens is 236 g/mol. The fraction of sp³-hybridized carbons (Fsp3) is 0.733. The quantitative estimate of drug-likeness (QED) is 0.696. The standard InChI is InChI=1S/C15H28N4/c1-5-6-7-8-19(4)15-12-17-11-14(18-15)10-16-9-13(2)3/h11-13,16H,5-10H2,1-4H3. The largest absolute Gasteiger partial charge is 0.358 e. The molecule has 0 saturated heterocycles. The van der Waals surface area contributed by atoms with Gasteiger partial charge in [-0.15, -0.1) is 0 Å². The number of unbranched alkanes of at least 4 members (excludes halogenated alkanes) is 2. The van der Waals surface area contributed by atoms with E-state index in [1.807, 2.05) is 12.4 Å². The third-order valence-corrected chi connectivity index (χ3v) is 3.02. The predicted molar refractivity (Wildman–Crippen MR) is 81.4 cm³/mol. The Morgan fingerprint density at radius 1 is 1.26 bits per heavy atom. The van der Waals surface area contributed by atoms with Crippen molar-refractivity contribution in [2.75, 3.05) is 25.0 Å². The second-order valence-corrected chi connectivity index (χ2v) is 5.52. The number of nitrogens with one attached hydrogen (secondary N) is 1. The van der Waals surface area contributed by atoms with Gasteiger partial charge >= 0.3 is 0 Å². The molecule has 0 saturated carbocycles. The average Bonchev–Trinajstić information content (AvgIpc) is 2.39.